The summed E-state index contributed by atoms with van der Waals surface area (Å²) < 4.78 is 16.1. The molecule has 0 spiro atoms. The molecule has 0 radical (unpaired) electrons. The minimum atomic E-state index is -0.360. The highest BCUT2D eigenvalue weighted by atomic mass is 16.5. The molecular weight excluding hydrogens is 358 g/mol. The van der Waals surface area contributed by atoms with Gasteiger partial charge in [0.15, 0.2) is 11.5 Å². The summed E-state index contributed by atoms with van der Waals surface area (Å²) in [6.07, 6.45) is 3.37. The number of rotatable bonds is 5. The van der Waals surface area contributed by atoms with Gasteiger partial charge in [0, 0.05) is 7.05 Å². The highest BCUT2D eigenvalue weighted by molar-refractivity contribution is 6.28. The van der Waals surface area contributed by atoms with Crippen molar-refractivity contribution in [3.63, 3.8) is 0 Å². The van der Waals surface area contributed by atoms with Gasteiger partial charge in [-0.2, -0.15) is 0 Å². The van der Waals surface area contributed by atoms with Crippen molar-refractivity contribution in [2.75, 3.05) is 28.4 Å². The molecule has 0 aromatic heterocycles. The van der Waals surface area contributed by atoms with Gasteiger partial charge in [-0.15, -0.1) is 0 Å². The van der Waals surface area contributed by atoms with E-state index in [-0.39, 0.29) is 11.8 Å². The number of ether oxygens (including phenoxy) is 3. The maximum Gasteiger partial charge on any atom is 0.261 e. The lowest BCUT2D eigenvalue weighted by Crippen LogP contribution is -2.24. The van der Waals surface area contributed by atoms with Gasteiger partial charge in [-0.1, -0.05) is 30.3 Å². The molecule has 1 aliphatic rings. The largest absolute Gasteiger partial charge is 0.493 e. The number of likely N-dealkylation sites (N-methyl/N-ethyl adjacent to an activating group) is 1. The molecule has 2 amide bonds. The van der Waals surface area contributed by atoms with Crippen LogP contribution in [0.2, 0.25) is 0 Å². The summed E-state index contributed by atoms with van der Waals surface area (Å²) in [7, 11) is 6.03. The molecule has 144 valence electrons. The molecule has 0 aliphatic carbocycles. The molecule has 6 heteroatoms. The van der Waals surface area contributed by atoms with Crippen LogP contribution >= 0.6 is 0 Å². The van der Waals surface area contributed by atoms with Crippen molar-refractivity contribution in [2.45, 2.75) is 0 Å². The maximum absolute atomic E-state index is 12.7. The number of methoxy groups -OCH3 is 3. The van der Waals surface area contributed by atoms with Gasteiger partial charge in [-0.3, -0.25) is 14.5 Å². The zero-order valence-corrected chi connectivity index (χ0v) is 16.2. The van der Waals surface area contributed by atoms with Crippen LogP contribution < -0.4 is 14.2 Å². The number of nitrogens with zero attached hydrogens (tertiary/aromatic N) is 1. The molecule has 0 N–H and O–H groups in total. The number of imide groups is 1. The fourth-order valence-corrected chi connectivity index (χ4v) is 3.03. The zero-order valence-electron chi connectivity index (χ0n) is 16.2. The van der Waals surface area contributed by atoms with E-state index in [0.29, 0.717) is 34.0 Å². The van der Waals surface area contributed by atoms with Gasteiger partial charge in [0.1, 0.15) is 0 Å². The van der Waals surface area contributed by atoms with E-state index in [1.54, 1.807) is 24.3 Å². The molecule has 0 bridgehead atoms. The third kappa shape index (κ3) is 3.49. The Morgan fingerprint density at radius 2 is 1.25 bits per heavy atom. The van der Waals surface area contributed by atoms with Crippen molar-refractivity contribution < 1.29 is 23.8 Å². The molecule has 3 rings (SSSR count). The highest BCUT2D eigenvalue weighted by Crippen LogP contribution is 2.39. The molecule has 1 saturated heterocycles. The Kier molecular flexibility index (Phi) is 5.49. The van der Waals surface area contributed by atoms with E-state index in [0.717, 1.165) is 10.5 Å². The summed E-state index contributed by atoms with van der Waals surface area (Å²) in [5.74, 6) is 0.687. The third-order valence-electron chi connectivity index (χ3n) is 4.47. The first-order valence-electron chi connectivity index (χ1n) is 8.61. The summed E-state index contributed by atoms with van der Waals surface area (Å²) in [5, 5.41) is 0. The summed E-state index contributed by atoms with van der Waals surface area (Å²) in [4.78, 5) is 26.4. The minimum Gasteiger partial charge on any atom is -0.493 e. The van der Waals surface area contributed by atoms with Crippen LogP contribution in [0.3, 0.4) is 0 Å². The van der Waals surface area contributed by atoms with Gasteiger partial charge in [0.05, 0.1) is 32.5 Å². The normalized spacial score (nSPS) is 16.8. The van der Waals surface area contributed by atoms with Crippen LogP contribution in [-0.4, -0.2) is 45.1 Å². The number of carbonyl (C=O) groups is 2. The van der Waals surface area contributed by atoms with Crippen molar-refractivity contribution in [3.8, 4) is 17.2 Å². The van der Waals surface area contributed by atoms with Gasteiger partial charge < -0.3 is 14.2 Å². The van der Waals surface area contributed by atoms with Gasteiger partial charge in [-0.25, -0.2) is 0 Å². The van der Waals surface area contributed by atoms with E-state index < -0.39 is 0 Å². The molecule has 0 atom stereocenters. The lowest BCUT2D eigenvalue weighted by molar-refractivity contribution is -0.134. The molecule has 1 aliphatic heterocycles. The standard InChI is InChI=1S/C22H21NO5/c1-23-21(24)16(10-14-8-6-5-7-9-14)17(22(23)25)11-15-12-18(26-2)20(28-4)19(13-15)27-3/h5-13H,1-4H3/b16-10?,17-11+. The molecule has 0 unspecified atom stereocenters. The first-order chi connectivity index (χ1) is 13.5. The Hall–Kier alpha value is -3.54. The van der Waals surface area contributed by atoms with E-state index in [9.17, 15) is 9.59 Å². The summed E-state index contributed by atoms with van der Waals surface area (Å²) in [5.41, 5.74) is 2.14. The van der Waals surface area contributed by atoms with Gasteiger partial charge in [-0.05, 0) is 35.4 Å². The second kappa shape index (κ2) is 8.00. The second-order valence-electron chi connectivity index (χ2n) is 6.15. The van der Waals surface area contributed by atoms with Crippen LogP contribution in [-0.2, 0) is 9.59 Å². The number of hydrogen-bond acceptors (Lipinski definition) is 5. The van der Waals surface area contributed by atoms with E-state index in [4.69, 9.17) is 14.2 Å². The molecular formula is C22H21NO5. The number of amides is 2. The summed E-state index contributed by atoms with van der Waals surface area (Å²) in [6, 6.07) is 12.8. The summed E-state index contributed by atoms with van der Waals surface area (Å²) >= 11 is 0. The molecule has 1 fully saturated rings. The number of benzene rings is 2. The first-order valence-corrected chi connectivity index (χ1v) is 8.61. The molecule has 0 saturated carbocycles. The van der Waals surface area contributed by atoms with E-state index in [1.165, 1.54) is 28.4 Å². The van der Waals surface area contributed by atoms with Crippen molar-refractivity contribution in [1.29, 1.82) is 0 Å². The second-order valence-corrected chi connectivity index (χ2v) is 6.15. The van der Waals surface area contributed by atoms with Crippen LogP contribution in [0.4, 0.5) is 0 Å². The highest BCUT2D eigenvalue weighted by Gasteiger charge is 2.36. The Bertz CT molecular complexity index is 951. The first kappa shape index (κ1) is 19.2. The molecule has 28 heavy (non-hydrogen) atoms. The van der Waals surface area contributed by atoms with Crippen LogP contribution in [0.25, 0.3) is 12.2 Å². The van der Waals surface area contributed by atoms with Crippen molar-refractivity contribution >= 4 is 24.0 Å². The summed E-state index contributed by atoms with van der Waals surface area (Å²) in [6.45, 7) is 0. The predicted molar refractivity (Wildman–Crippen MR) is 106 cm³/mol. The Labute approximate surface area is 163 Å². The number of likely N-dealkylation sites (tertiary alicyclic amines) is 1. The third-order valence-corrected chi connectivity index (χ3v) is 4.47. The van der Waals surface area contributed by atoms with Crippen LogP contribution in [0.5, 0.6) is 17.2 Å². The monoisotopic (exact) mass is 379 g/mol. The van der Waals surface area contributed by atoms with Crippen molar-refractivity contribution in [3.05, 3.63) is 64.7 Å². The lowest BCUT2D eigenvalue weighted by atomic mass is 10.0. The zero-order chi connectivity index (χ0) is 20.3. The topological polar surface area (TPSA) is 65.1 Å². The molecule has 2 aromatic carbocycles. The van der Waals surface area contributed by atoms with Gasteiger partial charge >= 0.3 is 0 Å². The van der Waals surface area contributed by atoms with Gasteiger partial charge in [0.25, 0.3) is 11.8 Å². The molecule has 6 nitrogen and oxygen atoms in total. The van der Waals surface area contributed by atoms with Crippen LogP contribution in [0.15, 0.2) is 53.6 Å². The molecule has 2 aromatic rings. The van der Waals surface area contributed by atoms with E-state index >= 15 is 0 Å². The predicted octanol–water partition coefficient (Wildman–Crippen LogP) is 3.18. The average Bonchev–Trinajstić information content (AvgIpc) is 2.92. The number of carbonyl (C=O) groups excluding carboxylic acids is 2. The number of hydrogen-bond donors (Lipinski definition) is 0. The molecule has 1 heterocycles. The SMILES string of the molecule is COc1cc(/C=C2/C(=O)N(C)C(=O)C2=Cc2ccccc2)cc(OC)c1OC. The lowest BCUT2D eigenvalue weighted by Gasteiger charge is -2.13. The Morgan fingerprint density at radius 3 is 1.71 bits per heavy atom. The van der Waals surface area contributed by atoms with E-state index in [2.05, 4.69) is 0 Å². The Morgan fingerprint density at radius 1 is 0.750 bits per heavy atom. The van der Waals surface area contributed by atoms with Crippen molar-refractivity contribution in [1.82, 2.24) is 4.90 Å². The van der Waals surface area contributed by atoms with Crippen LogP contribution in [0.1, 0.15) is 11.1 Å². The Balaban J connectivity index is 2.14. The quantitative estimate of drug-likeness (QED) is 0.590. The smallest absolute Gasteiger partial charge is 0.261 e. The fraction of sp³-hybridized carbons (Fsp3) is 0.182. The maximum atomic E-state index is 12.7. The fourth-order valence-electron chi connectivity index (χ4n) is 3.03. The van der Waals surface area contributed by atoms with Gasteiger partial charge in [0.2, 0.25) is 5.75 Å². The minimum absolute atomic E-state index is 0.311. The van der Waals surface area contributed by atoms with Crippen LogP contribution in [0, 0.1) is 0 Å². The van der Waals surface area contributed by atoms with Crippen molar-refractivity contribution in [2.24, 2.45) is 0 Å². The van der Waals surface area contributed by atoms with E-state index in [1.807, 2.05) is 30.3 Å². The average molecular weight is 379 g/mol.